The Kier molecular flexibility index (Phi) is 7.93. The number of fused-ring (bicyclic) bond motifs is 1. The summed E-state index contributed by atoms with van der Waals surface area (Å²) in [6.07, 6.45) is 0.617. The summed E-state index contributed by atoms with van der Waals surface area (Å²) in [5, 5.41) is 9.14. The molecule has 0 atom stereocenters. The summed E-state index contributed by atoms with van der Waals surface area (Å²) >= 11 is 0. The fraction of sp³-hybridized carbons (Fsp3) is 0.393. The fourth-order valence-corrected chi connectivity index (χ4v) is 4.22. The molecule has 0 radical (unpaired) electrons. The Balaban J connectivity index is 1.46. The van der Waals surface area contributed by atoms with Crippen LogP contribution in [0.5, 0.6) is 5.75 Å². The number of oxazole rings is 1. The minimum absolute atomic E-state index is 0.0274. The molecule has 2 heterocycles. The number of carbonyl (C=O) groups excluding carboxylic acids is 1. The van der Waals surface area contributed by atoms with Gasteiger partial charge in [0.1, 0.15) is 11.5 Å². The number of hydrogen-bond acceptors (Lipinski definition) is 6. The smallest absolute Gasteiger partial charge is 0.410 e. The van der Waals surface area contributed by atoms with Gasteiger partial charge in [0.15, 0.2) is 0 Å². The molecule has 0 bridgehead atoms. The highest BCUT2D eigenvalue weighted by molar-refractivity contribution is 5.70. The number of carboxylic acids is 1. The molecule has 8 heteroatoms. The van der Waals surface area contributed by atoms with Crippen LogP contribution in [0.4, 0.5) is 4.79 Å². The highest BCUT2D eigenvalue weighted by atomic mass is 16.6. The second-order valence-corrected chi connectivity index (χ2v) is 9.39. The third-order valence-electron chi connectivity index (χ3n) is 6.10. The summed E-state index contributed by atoms with van der Waals surface area (Å²) in [5.41, 5.74) is 4.52. The third-order valence-corrected chi connectivity index (χ3v) is 6.10. The number of nitrogens with zero attached hydrogens (tertiary/aromatic N) is 2. The molecule has 0 saturated carbocycles. The molecule has 0 unspecified atom stereocenters. The van der Waals surface area contributed by atoms with E-state index in [1.807, 2.05) is 63.2 Å². The van der Waals surface area contributed by atoms with Crippen LogP contribution in [-0.2, 0) is 35.5 Å². The highest BCUT2D eigenvalue weighted by Crippen LogP contribution is 2.35. The Labute approximate surface area is 210 Å². The van der Waals surface area contributed by atoms with Gasteiger partial charge in [-0.05, 0) is 48.6 Å². The molecule has 0 saturated heterocycles. The van der Waals surface area contributed by atoms with E-state index in [4.69, 9.17) is 19.0 Å². The lowest BCUT2D eigenvalue weighted by Crippen LogP contribution is -2.27. The SMILES string of the molecule is Cc1oc(-c2ccccc2)nc1CCOc1ccc(CCC(=O)O)c2c1CN(C(=O)OCC(C)C)C2. The first-order valence-electron chi connectivity index (χ1n) is 12.2. The van der Waals surface area contributed by atoms with E-state index in [2.05, 4.69) is 4.98 Å². The molecule has 1 amide bonds. The normalized spacial score (nSPS) is 12.6. The molecule has 4 rings (SSSR count). The van der Waals surface area contributed by atoms with Gasteiger partial charge in [-0.3, -0.25) is 9.69 Å². The van der Waals surface area contributed by atoms with Gasteiger partial charge in [-0.1, -0.05) is 38.1 Å². The monoisotopic (exact) mass is 492 g/mol. The van der Waals surface area contributed by atoms with Gasteiger partial charge in [-0.25, -0.2) is 9.78 Å². The Morgan fingerprint density at radius 1 is 1.08 bits per heavy atom. The maximum atomic E-state index is 12.6. The number of amides is 1. The first-order valence-corrected chi connectivity index (χ1v) is 12.2. The van der Waals surface area contributed by atoms with Crippen molar-refractivity contribution in [1.29, 1.82) is 0 Å². The second kappa shape index (κ2) is 11.3. The van der Waals surface area contributed by atoms with E-state index in [1.165, 1.54) is 0 Å². The zero-order valence-electron chi connectivity index (χ0n) is 21.0. The maximum Gasteiger partial charge on any atom is 0.410 e. The van der Waals surface area contributed by atoms with Crippen LogP contribution in [0, 0.1) is 12.8 Å². The van der Waals surface area contributed by atoms with Gasteiger partial charge in [-0.2, -0.15) is 0 Å². The summed E-state index contributed by atoms with van der Waals surface area (Å²) in [4.78, 5) is 30.0. The minimum atomic E-state index is -0.854. The van der Waals surface area contributed by atoms with Crippen molar-refractivity contribution in [3.63, 3.8) is 0 Å². The molecule has 2 aromatic carbocycles. The molecule has 8 nitrogen and oxygen atoms in total. The Morgan fingerprint density at radius 3 is 2.56 bits per heavy atom. The highest BCUT2D eigenvalue weighted by Gasteiger charge is 2.29. The van der Waals surface area contributed by atoms with Crippen LogP contribution >= 0.6 is 0 Å². The van der Waals surface area contributed by atoms with E-state index in [0.717, 1.165) is 33.7 Å². The van der Waals surface area contributed by atoms with Gasteiger partial charge in [0.05, 0.1) is 32.0 Å². The van der Waals surface area contributed by atoms with Crippen LogP contribution in [0.1, 0.15) is 48.4 Å². The van der Waals surface area contributed by atoms with Gasteiger partial charge in [0.25, 0.3) is 0 Å². The Morgan fingerprint density at radius 2 is 1.83 bits per heavy atom. The van der Waals surface area contributed by atoms with Crippen molar-refractivity contribution >= 4 is 12.1 Å². The molecule has 1 aliphatic heterocycles. The van der Waals surface area contributed by atoms with Crippen LogP contribution < -0.4 is 4.74 Å². The van der Waals surface area contributed by atoms with E-state index >= 15 is 0 Å². The van der Waals surface area contributed by atoms with Crippen molar-refractivity contribution < 1.29 is 28.6 Å². The predicted octanol–water partition coefficient (Wildman–Crippen LogP) is 5.40. The topological polar surface area (TPSA) is 102 Å². The van der Waals surface area contributed by atoms with E-state index in [1.54, 1.807) is 4.90 Å². The van der Waals surface area contributed by atoms with Gasteiger partial charge >= 0.3 is 12.1 Å². The van der Waals surface area contributed by atoms with Gasteiger partial charge in [-0.15, -0.1) is 0 Å². The number of aryl methyl sites for hydroxylation is 2. The van der Waals surface area contributed by atoms with Crippen molar-refractivity contribution in [3.05, 3.63) is 70.6 Å². The number of carboxylic acid groups (broad SMARTS) is 1. The van der Waals surface area contributed by atoms with E-state index < -0.39 is 5.97 Å². The van der Waals surface area contributed by atoms with Crippen LogP contribution in [0.2, 0.25) is 0 Å². The molecule has 36 heavy (non-hydrogen) atoms. The number of rotatable bonds is 10. The zero-order valence-corrected chi connectivity index (χ0v) is 21.0. The molecular formula is C28H32N2O6. The van der Waals surface area contributed by atoms with Crippen molar-refractivity contribution in [1.82, 2.24) is 9.88 Å². The molecule has 3 aromatic rings. The lowest BCUT2D eigenvalue weighted by Gasteiger charge is -2.16. The summed E-state index contributed by atoms with van der Waals surface area (Å²) in [6.45, 7) is 7.35. The molecule has 1 aromatic heterocycles. The third kappa shape index (κ3) is 6.05. The van der Waals surface area contributed by atoms with Crippen LogP contribution in [0.25, 0.3) is 11.5 Å². The van der Waals surface area contributed by atoms with E-state index in [-0.39, 0.29) is 18.4 Å². The minimum Gasteiger partial charge on any atom is -0.493 e. The van der Waals surface area contributed by atoms with Crippen molar-refractivity contribution in [2.45, 2.75) is 53.1 Å². The lowest BCUT2D eigenvalue weighted by atomic mass is 9.99. The number of aromatic nitrogens is 1. The van der Waals surface area contributed by atoms with Crippen LogP contribution in [0.3, 0.4) is 0 Å². The number of aliphatic carboxylic acids is 1. The van der Waals surface area contributed by atoms with Crippen LogP contribution in [0.15, 0.2) is 46.9 Å². The largest absolute Gasteiger partial charge is 0.493 e. The molecule has 0 spiro atoms. The fourth-order valence-electron chi connectivity index (χ4n) is 4.22. The Hall–Kier alpha value is -3.81. The number of hydrogen-bond donors (Lipinski definition) is 1. The standard InChI is InChI=1S/C28H32N2O6/c1-18(2)17-35-28(33)30-15-22-20(10-12-26(31)32)9-11-25(23(22)16-30)34-14-13-24-19(3)36-27(29-24)21-7-5-4-6-8-21/h4-9,11,18H,10,12-17H2,1-3H3,(H,31,32). The van der Waals surface area contributed by atoms with Crippen molar-refractivity contribution in [2.24, 2.45) is 5.92 Å². The van der Waals surface area contributed by atoms with Gasteiger partial charge < -0.3 is 19.0 Å². The summed E-state index contributed by atoms with van der Waals surface area (Å²) in [7, 11) is 0. The molecule has 1 aliphatic rings. The van der Waals surface area contributed by atoms with Crippen LogP contribution in [-0.4, -0.2) is 40.3 Å². The summed E-state index contributed by atoms with van der Waals surface area (Å²) in [6, 6.07) is 13.5. The first-order chi connectivity index (χ1) is 17.3. The molecule has 1 N–H and O–H groups in total. The molecule has 190 valence electrons. The number of carbonyl (C=O) groups is 2. The number of benzene rings is 2. The second-order valence-electron chi connectivity index (χ2n) is 9.39. The zero-order chi connectivity index (χ0) is 25.7. The average Bonchev–Trinajstić information content (AvgIpc) is 3.47. The van der Waals surface area contributed by atoms with Crippen molar-refractivity contribution in [2.75, 3.05) is 13.2 Å². The average molecular weight is 493 g/mol. The Bertz CT molecular complexity index is 1220. The quantitative estimate of drug-likeness (QED) is 0.404. The molecular weight excluding hydrogens is 460 g/mol. The van der Waals surface area contributed by atoms with E-state index in [0.29, 0.717) is 50.8 Å². The summed E-state index contributed by atoms with van der Waals surface area (Å²) < 4.78 is 17.4. The number of ether oxygens (including phenoxy) is 2. The first kappa shape index (κ1) is 25.3. The molecule has 0 fully saturated rings. The van der Waals surface area contributed by atoms with Crippen molar-refractivity contribution in [3.8, 4) is 17.2 Å². The van der Waals surface area contributed by atoms with E-state index in [9.17, 15) is 9.59 Å². The van der Waals surface area contributed by atoms with Gasteiger partial charge in [0.2, 0.25) is 5.89 Å². The lowest BCUT2D eigenvalue weighted by molar-refractivity contribution is -0.136. The maximum absolute atomic E-state index is 12.6. The molecule has 0 aliphatic carbocycles. The summed E-state index contributed by atoms with van der Waals surface area (Å²) in [5.74, 6) is 1.42. The predicted molar refractivity (Wildman–Crippen MR) is 134 cm³/mol. The van der Waals surface area contributed by atoms with Gasteiger partial charge in [0, 0.05) is 24.0 Å².